The Hall–Kier alpha value is -1.06. The number of amides is 1. The van der Waals surface area contributed by atoms with Crippen LogP contribution in [-0.4, -0.2) is 36.8 Å². The first kappa shape index (κ1) is 12.9. The quantitative estimate of drug-likeness (QED) is 0.530. The van der Waals surface area contributed by atoms with Gasteiger partial charge in [0.2, 0.25) is 5.91 Å². The standard InChI is InChI=1S/C10H21N3O/c1-7(8(14)13(5)6)12-9(11)10(2,3)4/h7H,1-6H3,(H2,11,12). The molecule has 82 valence electrons. The molecule has 0 aliphatic heterocycles. The number of rotatable bonds is 2. The largest absolute Gasteiger partial charge is 0.387 e. The summed E-state index contributed by atoms with van der Waals surface area (Å²) in [6.45, 7) is 7.66. The van der Waals surface area contributed by atoms with Crippen LogP contribution in [0.2, 0.25) is 0 Å². The fourth-order valence-electron chi connectivity index (χ4n) is 0.831. The molecule has 4 nitrogen and oxygen atoms in total. The maximum Gasteiger partial charge on any atom is 0.246 e. The van der Waals surface area contributed by atoms with Crippen LogP contribution in [0.3, 0.4) is 0 Å². The van der Waals surface area contributed by atoms with E-state index in [9.17, 15) is 4.79 Å². The van der Waals surface area contributed by atoms with E-state index >= 15 is 0 Å². The van der Waals surface area contributed by atoms with Crippen molar-refractivity contribution < 1.29 is 4.79 Å². The predicted molar refractivity (Wildman–Crippen MR) is 59.2 cm³/mol. The van der Waals surface area contributed by atoms with Crippen LogP contribution in [0, 0.1) is 5.41 Å². The van der Waals surface area contributed by atoms with E-state index in [0.29, 0.717) is 5.84 Å². The number of carbonyl (C=O) groups excluding carboxylic acids is 1. The molecule has 0 rings (SSSR count). The molecule has 0 fully saturated rings. The normalized spacial score (nSPS) is 15.1. The van der Waals surface area contributed by atoms with Gasteiger partial charge in [-0.1, -0.05) is 20.8 Å². The molecular weight excluding hydrogens is 178 g/mol. The van der Waals surface area contributed by atoms with Gasteiger partial charge < -0.3 is 10.6 Å². The molecule has 2 N–H and O–H groups in total. The summed E-state index contributed by atoms with van der Waals surface area (Å²) in [7, 11) is 3.42. The molecule has 0 aromatic heterocycles. The van der Waals surface area contributed by atoms with Crippen molar-refractivity contribution in [2.45, 2.75) is 33.7 Å². The smallest absolute Gasteiger partial charge is 0.246 e. The summed E-state index contributed by atoms with van der Waals surface area (Å²) in [5.74, 6) is 0.484. The van der Waals surface area contributed by atoms with Gasteiger partial charge in [0.25, 0.3) is 0 Å². The van der Waals surface area contributed by atoms with E-state index in [0.717, 1.165) is 0 Å². The number of likely N-dealkylation sites (N-methyl/N-ethyl adjacent to an activating group) is 1. The number of hydrogen-bond acceptors (Lipinski definition) is 2. The number of carbonyl (C=O) groups is 1. The topological polar surface area (TPSA) is 58.7 Å². The zero-order chi connectivity index (χ0) is 11.5. The van der Waals surface area contributed by atoms with E-state index in [-0.39, 0.29) is 11.3 Å². The first-order valence-electron chi connectivity index (χ1n) is 4.71. The number of nitrogens with zero attached hydrogens (tertiary/aromatic N) is 2. The summed E-state index contributed by atoms with van der Waals surface area (Å²) in [4.78, 5) is 17.2. The summed E-state index contributed by atoms with van der Waals surface area (Å²) in [5.41, 5.74) is 5.59. The minimum atomic E-state index is -0.399. The molecule has 0 radical (unpaired) electrons. The molecule has 0 aliphatic carbocycles. The third-order valence-electron chi connectivity index (χ3n) is 1.90. The van der Waals surface area contributed by atoms with Crippen molar-refractivity contribution in [2.24, 2.45) is 16.1 Å². The number of amidine groups is 1. The minimum absolute atomic E-state index is 0.0304. The highest BCUT2D eigenvalue weighted by Crippen LogP contribution is 2.13. The highest BCUT2D eigenvalue weighted by molar-refractivity contribution is 5.89. The third-order valence-corrected chi connectivity index (χ3v) is 1.90. The molecule has 0 aromatic rings. The summed E-state index contributed by atoms with van der Waals surface area (Å²) in [5, 5.41) is 0. The summed E-state index contributed by atoms with van der Waals surface area (Å²) < 4.78 is 0. The summed E-state index contributed by atoms with van der Waals surface area (Å²) in [6, 6.07) is -0.399. The van der Waals surface area contributed by atoms with E-state index in [1.54, 1.807) is 21.0 Å². The third kappa shape index (κ3) is 3.77. The van der Waals surface area contributed by atoms with Gasteiger partial charge >= 0.3 is 0 Å². The minimum Gasteiger partial charge on any atom is -0.387 e. The lowest BCUT2D eigenvalue weighted by molar-refractivity contribution is -0.129. The molecule has 1 unspecified atom stereocenters. The second kappa shape index (κ2) is 4.44. The van der Waals surface area contributed by atoms with Crippen molar-refractivity contribution in [1.29, 1.82) is 0 Å². The van der Waals surface area contributed by atoms with Crippen LogP contribution in [0.5, 0.6) is 0 Å². The van der Waals surface area contributed by atoms with Crippen LogP contribution >= 0.6 is 0 Å². The molecule has 0 saturated carbocycles. The Kier molecular flexibility index (Phi) is 4.10. The van der Waals surface area contributed by atoms with Crippen LogP contribution in [-0.2, 0) is 4.79 Å². The van der Waals surface area contributed by atoms with Crippen molar-refractivity contribution in [2.75, 3.05) is 14.1 Å². The average molecular weight is 199 g/mol. The maximum absolute atomic E-state index is 11.5. The van der Waals surface area contributed by atoms with Crippen molar-refractivity contribution in [1.82, 2.24) is 4.90 Å². The molecule has 0 aromatic carbocycles. The molecule has 0 aliphatic rings. The Morgan fingerprint density at radius 3 is 2.07 bits per heavy atom. The fraction of sp³-hybridized carbons (Fsp3) is 0.800. The van der Waals surface area contributed by atoms with Crippen LogP contribution < -0.4 is 5.73 Å². The van der Waals surface area contributed by atoms with Gasteiger partial charge in [-0.05, 0) is 6.92 Å². The van der Waals surface area contributed by atoms with Gasteiger partial charge in [-0.2, -0.15) is 0 Å². The van der Waals surface area contributed by atoms with Gasteiger partial charge in [-0.25, -0.2) is 0 Å². The van der Waals surface area contributed by atoms with Crippen molar-refractivity contribution in [3.63, 3.8) is 0 Å². The molecule has 0 spiro atoms. The van der Waals surface area contributed by atoms with Crippen LogP contribution in [0.4, 0.5) is 0 Å². The Morgan fingerprint density at radius 2 is 1.79 bits per heavy atom. The molecule has 1 atom stereocenters. The summed E-state index contributed by atoms with van der Waals surface area (Å²) in [6.07, 6.45) is 0. The molecule has 0 bridgehead atoms. The van der Waals surface area contributed by atoms with Gasteiger partial charge in [0.05, 0.1) is 0 Å². The Labute approximate surface area is 86.2 Å². The number of hydrogen-bond donors (Lipinski definition) is 1. The lowest BCUT2D eigenvalue weighted by Crippen LogP contribution is -2.35. The van der Waals surface area contributed by atoms with Crippen molar-refractivity contribution in [3.05, 3.63) is 0 Å². The second-order valence-corrected chi connectivity index (χ2v) is 4.67. The second-order valence-electron chi connectivity index (χ2n) is 4.67. The molecular formula is C10H21N3O. The van der Waals surface area contributed by atoms with E-state index in [1.165, 1.54) is 4.90 Å². The van der Waals surface area contributed by atoms with E-state index in [2.05, 4.69) is 4.99 Å². The maximum atomic E-state index is 11.5. The molecule has 4 heteroatoms. The first-order chi connectivity index (χ1) is 6.16. The van der Waals surface area contributed by atoms with Crippen molar-refractivity contribution >= 4 is 11.7 Å². The predicted octanol–water partition coefficient (Wildman–Crippen LogP) is 0.866. The molecule has 0 saturated heterocycles. The van der Waals surface area contributed by atoms with Gasteiger partial charge in [-0.3, -0.25) is 9.79 Å². The molecule has 14 heavy (non-hydrogen) atoms. The summed E-state index contributed by atoms with van der Waals surface area (Å²) >= 11 is 0. The van der Waals surface area contributed by atoms with Crippen molar-refractivity contribution in [3.8, 4) is 0 Å². The highest BCUT2D eigenvalue weighted by Gasteiger charge is 2.19. The van der Waals surface area contributed by atoms with Crippen LogP contribution in [0.1, 0.15) is 27.7 Å². The lowest BCUT2D eigenvalue weighted by atomic mass is 9.95. The van der Waals surface area contributed by atoms with E-state index < -0.39 is 6.04 Å². The van der Waals surface area contributed by atoms with Gasteiger partial charge in [0, 0.05) is 19.5 Å². The van der Waals surface area contributed by atoms with Gasteiger partial charge in [-0.15, -0.1) is 0 Å². The Morgan fingerprint density at radius 1 is 1.36 bits per heavy atom. The van der Waals surface area contributed by atoms with E-state index in [4.69, 9.17) is 5.73 Å². The SMILES string of the molecule is CC(N=C(N)C(C)(C)C)C(=O)N(C)C. The van der Waals surface area contributed by atoms with E-state index in [1.807, 2.05) is 20.8 Å². The number of aliphatic imine (C=N–C) groups is 1. The van der Waals surface area contributed by atoms with Crippen LogP contribution in [0.25, 0.3) is 0 Å². The van der Waals surface area contributed by atoms with Gasteiger partial charge in [0.15, 0.2) is 0 Å². The van der Waals surface area contributed by atoms with Gasteiger partial charge in [0.1, 0.15) is 11.9 Å². The fourth-order valence-corrected chi connectivity index (χ4v) is 0.831. The lowest BCUT2D eigenvalue weighted by Gasteiger charge is -2.20. The monoisotopic (exact) mass is 199 g/mol. The highest BCUT2D eigenvalue weighted by atomic mass is 16.2. The Balaban J connectivity index is 4.59. The zero-order valence-corrected chi connectivity index (χ0v) is 9.96. The number of nitrogens with two attached hydrogens (primary N) is 1. The average Bonchev–Trinajstić information content (AvgIpc) is 2.00. The zero-order valence-electron chi connectivity index (χ0n) is 9.96. The molecule has 1 amide bonds. The first-order valence-corrected chi connectivity index (χ1v) is 4.71. The van der Waals surface area contributed by atoms with Crippen LogP contribution in [0.15, 0.2) is 4.99 Å². The Bertz CT molecular complexity index is 238. The molecule has 0 heterocycles.